The fourth-order valence-electron chi connectivity index (χ4n) is 1.49. The average molecular weight is 209 g/mol. The number of nitrogen functional groups attached to an aromatic ring is 1. The van der Waals surface area contributed by atoms with Crippen LogP contribution in [0.1, 0.15) is 52.7 Å². The molecule has 0 fully saturated rings. The molecule has 0 saturated carbocycles. The minimum Gasteiger partial charge on any atom is -0.384 e. The first-order valence-electron chi connectivity index (χ1n) is 5.79. The van der Waals surface area contributed by atoms with E-state index in [2.05, 4.69) is 32.8 Å². The maximum atomic E-state index is 5.92. The Morgan fingerprint density at radius 3 is 2.47 bits per heavy atom. The van der Waals surface area contributed by atoms with Crippen LogP contribution in [-0.4, -0.2) is 9.78 Å². The zero-order valence-electron chi connectivity index (χ0n) is 10.4. The maximum absolute atomic E-state index is 5.92. The van der Waals surface area contributed by atoms with Gasteiger partial charge in [-0.3, -0.25) is 0 Å². The number of hydrogen-bond acceptors (Lipinski definition) is 2. The zero-order chi connectivity index (χ0) is 11.5. The van der Waals surface area contributed by atoms with Gasteiger partial charge < -0.3 is 5.73 Å². The molecule has 0 aliphatic carbocycles. The highest BCUT2D eigenvalue weighted by Crippen LogP contribution is 2.22. The van der Waals surface area contributed by atoms with Gasteiger partial charge in [-0.15, -0.1) is 0 Å². The van der Waals surface area contributed by atoms with Crippen LogP contribution in [0.2, 0.25) is 0 Å². The van der Waals surface area contributed by atoms with Crippen molar-refractivity contribution < 1.29 is 0 Å². The van der Waals surface area contributed by atoms with E-state index in [1.165, 1.54) is 12.8 Å². The molecule has 1 heterocycles. The van der Waals surface area contributed by atoms with Crippen LogP contribution in [0.5, 0.6) is 0 Å². The second-order valence-electron chi connectivity index (χ2n) is 5.13. The number of nitrogens with two attached hydrogens (primary N) is 1. The summed E-state index contributed by atoms with van der Waals surface area (Å²) in [6.07, 6.45) is 3.63. The van der Waals surface area contributed by atoms with E-state index >= 15 is 0 Å². The van der Waals surface area contributed by atoms with Crippen LogP contribution in [0.15, 0.2) is 6.07 Å². The van der Waals surface area contributed by atoms with Gasteiger partial charge in [0.05, 0.1) is 5.69 Å². The van der Waals surface area contributed by atoms with Crippen molar-refractivity contribution in [1.29, 1.82) is 0 Å². The molecular formula is C12H23N3. The highest BCUT2D eigenvalue weighted by molar-refractivity contribution is 5.33. The van der Waals surface area contributed by atoms with E-state index in [0.717, 1.165) is 24.5 Å². The van der Waals surface area contributed by atoms with Crippen molar-refractivity contribution in [3.8, 4) is 0 Å². The van der Waals surface area contributed by atoms with Crippen LogP contribution in [-0.2, 0) is 12.0 Å². The lowest BCUT2D eigenvalue weighted by molar-refractivity contribution is 0.515. The molecule has 0 spiro atoms. The van der Waals surface area contributed by atoms with Crippen molar-refractivity contribution in [2.45, 2.75) is 58.9 Å². The summed E-state index contributed by atoms with van der Waals surface area (Å²) in [5.74, 6) is 0.788. The summed E-state index contributed by atoms with van der Waals surface area (Å²) < 4.78 is 1.93. The van der Waals surface area contributed by atoms with Crippen LogP contribution >= 0.6 is 0 Å². The van der Waals surface area contributed by atoms with E-state index in [4.69, 9.17) is 5.73 Å². The quantitative estimate of drug-likeness (QED) is 0.775. The number of anilines is 1. The van der Waals surface area contributed by atoms with Gasteiger partial charge in [0.2, 0.25) is 0 Å². The van der Waals surface area contributed by atoms with Crippen molar-refractivity contribution in [3.05, 3.63) is 11.8 Å². The lowest BCUT2D eigenvalue weighted by Crippen LogP contribution is -2.13. The third-order valence-corrected chi connectivity index (χ3v) is 2.55. The molecule has 3 nitrogen and oxygen atoms in total. The summed E-state index contributed by atoms with van der Waals surface area (Å²) in [7, 11) is 0. The first-order valence-corrected chi connectivity index (χ1v) is 5.79. The van der Waals surface area contributed by atoms with E-state index in [0.29, 0.717) is 0 Å². The molecule has 0 bridgehead atoms. The number of unbranched alkanes of at least 4 members (excludes halogenated alkanes) is 2. The van der Waals surface area contributed by atoms with Gasteiger partial charge in [0.1, 0.15) is 5.82 Å². The smallest absolute Gasteiger partial charge is 0.121 e. The standard InChI is InChI=1S/C12H23N3/c1-5-6-7-8-15-11(13)9-10(14-15)12(2,3)4/h9H,5-8,13H2,1-4H3. The Bertz CT molecular complexity index is 307. The average Bonchev–Trinajstić information content (AvgIpc) is 2.48. The van der Waals surface area contributed by atoms with E-state index < -0.39 is 0 Å². The zero-order valence-corrected chi connectivity index (χ0v) is 10.4. The number of nitrogens with zero attached hydrogens (tertiary/aromatic N) is 2. The third-order valence-electron chi connectivity index (χ3n) is 2.55. The molecule has 3 heteroatoms. The van der Waals surface area contributed by atoms with Gasteiger partial charge in [-0.2, -0.15) is 5.10 Å². The minimum absolute atomic E-state index is 0.0874. The van der Waals surface area contributed by atoms with Crippen molar-refractivity contribution >= 4 is 5.82 Å². The molecule has 0 aliphatic heterocycles. The second kappa shape index (κ2) is 4.69. The highest BCUT2D eigenvalue weighted by Gasteiger charge is 2.18. The SMILES string of the molecule is CCCCCn1nc(C(C)(C)C)cc1N. The topological polar surface area (TPSA) is 43.8 Å². The Labute approximate surface area is 92.7 Å². The fraction of sp³-hybridized carbons (Fsp3) is 0.750. The monoisotopic (exact) mass is 209 g/mol. The van der Waals surface area contributed by atoms with E-state index in [1.54, 1.807) is 0 Å². The summed E-state index contributed by atoms with van der Waals surface area (Å²) in [6, 6.07) is 1.99. The molecular weight excluding hydrogens is 186 g/mol. The molecule has 0 unspecified atom stereocenters. The summed E-state index contributed by atoms with van der Waals surface area (Å²) in [6.45, 7) is 9.62. The Morgan fingerprint density at radius 2 is 2.00 bits per heavy atom. The summed E-state index contributed by atoms with van der Waals surface area (Å²) in [4.78, 5) is 0. The van der Waals surface area contributed by atoms with Crippen molar-refractivity contribution in [2.24, 2.45) is 0 Å². The molecule has 0 atom stereocenters. The number of hydrogen-bond donors (Lipinski definition) is 1. The molecule has 2 N–H and O–H groups in total. The predicted molar refractivity (Wildman–Crippen MR) is 64.9 cm³/mol. The van der Waals surface area contributed by atoms with Crippen LogP contribution in [0.4, 0.5) is 5.82 Å². The normalized spacial score (nSPS) is 12.0. The van der Waals surface area contributed by atoms with Gasteiger partial charge in [-0.1, -0.05) is 40.5 Å². The molecule has 0 aromatic carbocycles. The lowest BCUT2D eigenvalue weighted by atomic mass is 9.92. The summed E-state index contributed by atoms with van der Waals surface area (Å²) in [5, 5.41) is 4.54. The van der Waals surface area contributed by atoms with Gasteiger partial charge in [0, 0.05) is 18.0 Å². The van der Waals surface area contributed by atoms with E-state index in [1.807, 2.05) is 10.7 Å². The van der Waals surface area contributed by atoms with Gasteiger partial charge in [0.15, 0.2) is 0 Å². The van der Waals surface area contributed by atoms with Crippen LogP contribution in [0, 0.1) is 0 Å². The number of rotatable bonds is 4. The predicted octanol–water partition coefficient (Wildman–Crippen LogP) is 2.95. The van der Waals surface area contributed by atoms with E-state index in [9.17, 15) is 0 Å². The highest BCUT2D eigenvalue weighted by atomic mass is 15.3. The third kappa shape index (κ3) is 3.26. The van der Waals surface area contributed by atoms with Gasteiger partial charge in [0.25, 0.3) is 0 Å². The van der Waals surface area contributed by atoms with Gasteiger partial charge in [-0.25, -0.2) is 4.68 Å². The van der Waals surface area contributed by atoms with Crippen LogP contribution < -0.4 is 5.73 Å². The lowest BCUT2D eigenvalue weighted by Gasteiger charge is -2.14. The largest absolute Gasteiger partial charge is 0.384 e. The Balaban J connectivity index is 2.69. The summed E-state index contributed by atoms with van der Waals surface area (Å²) in [5.41, 5.74) is 7.09. The van der Waals surface area contributed by atoms with Crippen molar-refractivity contribution in [1.82, 2.24) is 9.78 Å². The molecule has 0 saturated heterocycles. The Kier molecular flexibility index (Phi) is 3.77. The molecule has 1 aromatic heterocycles. The summed E-state index contributed by atoms with van der Waals surface area (Å²) >= 11 is 0. The first-order chi connectivity index (χ1) is 6.95. The van der Waals surface area contributed by atoms with Crippen LogP contribution in [0.3, 0.4) is 0 Å². The number of aryl methyl sites for hydroxylation is 1. The number of aromatic nitrogens is 2. The Morgan fingerprint density at radius 1 is 1.33 bits per heavy atom. The molecule has 0 amide bonds. The minimum atomic E-state index is 0.0874. The molecule has 15 heavy (non-hydrogen) atoms. The van der Waals surface area contributed by atoms with Crippen molar-refractivity contribution in [3.63, 3.8) is 0 Å². The first kappa shape index (κ1) is 12.1. The molecule has 0 aliphatic rings. The fourth-order valence-corrected chi connectivity index (χ4v) is 1.49. The molecule has 0 radical (unpaired) electrons. The van der Waals surface area contributed by atoms with E-state index in [-0.39, 0.29) is 5.41 Å². The van der Waals surface area contributed by atoms with Crippen LogP contribution in [0.25, 0.3) is 0 Å². The Hall–Kier alpha value is -0.990. The van der Waals surface area contributed by atoms with Gasteiger partial charge in [-0.05, 0) is 6.42 Å². The second-order valence-corrected chi connectivity index (χ2v) is 5.13. The molecule has 86 valence electrons. The maximum Gasteiger partial charge on any atom is 0.121 e. The van der Waals surface area contributed by atoms with Gasteiger partial charge >= 0.3 is 0 Å². The van der Waals surface area contributed by atoms with Crippen molar-refractivity contribution in [2.75, 3.05) is 5.73 Å². The molecule has 1 rings (SSSR count). The molecule has 1 aromatic rings.